The van der Waals surface area contributed by atoms with Crippen LogP contribution < -0.4 is 0 Å². The lowest BCUT2D eigenvalue weighted by atomic mass is 9.87. The van der Waals surface area contributed by atoms with Crippen LogP contribution in [-0.4, -0.2) is 19.9 Å². The molecular formula is C23H22N6. The number of aromatic amines is 2. The first kappa shape index (κ1) is 18.7. The summed E-state index contributed by atoms with van der Waals surface area (Å²) in [7, 11) is 0. The lowest BCUT2D eigenvalue weighted by molar-refractivity contribution is 0.364. The van der Waals surface area contributed by atoms with Crippen LogP contribution in [-0.2, 0) is 0 Å². The van der Waals surface area contributed by atoms with Crippen molar-refractivity contribution >= 4 is 22.1 Å². The molecule has 0 saturated heterocycles. The van der Waals surface area contributed by atoms with E-state index in [9.17, 15) is 0 Å². The number of H-pyrrole nitrogens is 2. The van der Waals surface area contributed by atoms with Crippen molar-refractivity contribution in [1.82, 2.24) is 19.9 Å². The topological polar surface area (TPSA) is 105 Å². The number of hydrogen-bond acceptors (Lipinski definition) is 4. The average molecular weight is 382 g/mol. The summed E-state index contributed by atoms with van der Waals surface area (Å²) in [6.07, 6.45) is 11.1. The predicted octanol–water partition coefficient (Wildman–Crippen LogP) is 5.46. The van der Waals surface area contributed by atoms with Gasteiger partial charge in [0.1, 0.15) is 17.0 Å². The highest BCUT2D eigenvalue weighted by Gasteiger charge is 2.12. The zero-order valence-corrected chi connectivity index (χ0v) is 16.2. The third kappa shape index (κ3) is 4.12. The molecule has 4 aromatic rings. The highest BCUT2D eigenvalue weighted by atomic mass is 15.0. The van der Waals surface area contributed by atoms with Gasteiger partial charge in [-0.3, -0.25) is 0 Å². The molecule has 0 radical (unpaired) electrons. The minimum absolute atomic E-state index is 0.638. The minimum atomic E-state index is 0.638. The SMILES string of the molecule is N#CCC1CCCCC1.N#Cc1ccc(-c2nc3c(cnc4[nH]ccc43)[nH]2)cc1. The zero-order chi connectivity index (χ0) is 20.1. The maximum Gasteiger partial charge on any atom is 0.139 e. The Bertz CT molecular complexity index is 1180. The molecular weight excluding hydrogens is 360 g/mol. The Balaban J connectivity index is 0.000000192. The number of fused-ring (bicyclic) bond motifs is 3. The van der Waals surface area contributed by atoms with Crippen molar-refractivity contribution in [3.63, 3.8) is 0 Å². The number of imidazole rings is 1. The van der Waals surface area contributed by atoms with Crippen molar-refractivity contribution in [3.05, 3.63) is 48.3 Å². The number of nitriles is 2. The second-order valence-corrected chi connectivity index (χ2v) is 7.40. The van der Waals surface area contributed by atoms with Crippen LogP contribution in [0.3, 0.4) is 0 Å². The summed E-state index contributed by atoms with van der Waals surface area (Å²) in [5.74, 6) is 1.52. The van der Waals surface area contributed by atoms with Gasteiger partial charge in [-0.25, -0.2) is 9.97 Å². The Labute approximate surface area is 169 Å². The quantitative estimate of drug-likeness (QED) is 0.480. The first-order valence-electron chi connectivity index (χ1n) is 9.98. The van der Waals surface area contributed by atoms with Crippen LogP contribution >= 0.6 is 0 Å². The van der Waals surface area contributed by atoms with Crippen molar-refractivity contribution in [2.75, 3.05) is 0 Å². The molecule has 144 valence electrons. The predicted molar refractivity (Wildman–Crippen MR) is 113 cm³/mol. The van der Waals surface area contributed by atoms with E-state index in [1.54, 1.807) is 18.3 Å². The van der Waals surface area contributed by atoms with Gasteiger partial charge in [0, 0.05) is 23.6 Å². The van der Waals surface area contributed by atoms with E-state index in [0.29, 0.717) is 5.56 Å². The van der Waals surface area contributed by atoms with E-state index >= 15 is 0 Å². The van der Waals surface area contributed by atoms with Gasteiger partial charge in [0.2, 0.25) is 0 Å². The summed E-state index contributed by atoms with van der Waals surface area (Å²) in [6.45, 7) is 0. The molecule has 0 amide bonds. The van der Waals surface area contributed by atoms with Crippen LogP contribution in [0.1, 0.15) is 44.1 Å². The lowest BCUT2D eigenvalue weighted by Gasteiger charge is -2.17. The maximum atomic E-state index is 8.82. The van der Waals surface area contributed by atoms with Crippen LogP contribution in [0, 0.1) is 28.6 Å². The van der Waals surface area contributed by atoms with Crippen molar-refractivity contribution in [2.45, 2.75) is 38.5 Å². The smallest absolute Gasteiger partial charge is 0.139 e. The van der Waals surface area contributed by atoms with E-state index < -0.39 is 0 Å². The van der Waals surface area contributed by atoms with Crippen molar-refractivity contribution < 1.29 is 0 Å². The van der Waals surface area contributed by atoms with E-state index in [-0.39, 0.29) is 0 Å². The van der Waals surface area contributed by atoms with E-state index in [0.717, 1.165) is 45.8 Å². The van der Waals surface area contributed by atoms with Gasteiger partial charge in [0.25, 0.3) is 0 Å². The third-order valence-corrected chi connectivity index (χ3v) is 5.43. The fourth-order valence-electron chi connectivity index (χ4n) is 3.83. The van der Waals surface area contributed by atoms with Gasteiger partial charge < -0.3 is 9.97 Å². The molecule has 1 aromatic carbocycles. The zero-order valence-electron chi connectivity index (χ0n) is 16.2. The number of aromatic nitrogens is 4. The van der Waals surface area contributed by atoms with Crippen LogP contribution in [0.5, 0.6) is 0 Å². The van der Waals surface area contributed by atoms with E-state index in [1.807, 2.05) is 24.4 Å². The Kier molecular flexibility index (Phi) is 5.54. The Hall–Kier alpha value is -3.64. The standard InChI is InChI=1S/C15H9N5.C8H13N/c16-7-9-1-3-10(4-2-9)14-19-12-8-18-15-11(5-6-17-15)13(12)20-14;9-7-6-8-4-2-1-3-5-8/h1-6,8H,(H,17,18)(H,19,20);8H,1-6H2. The second-order valence-electron chi connectivity index (χ2n) is 7.40. The fourth-order valence-corrected chi connectivity index (χ4v) is 3.83. The molecule has 0 unspecified atom stereocenters. The first-order chi connectivity index (χ1) is 14.3. The van der Waals surface area contributed by atoms with Crippen molar-refractivity contribution in [3.8, 4) is 23.5 Å². The first-order valence-corrected chi connectivity index (χ1v) is 9.98. The van der Waals surface area contributed by atoms with Gasteiger partial charge in [0.15, 0.2) is 0 Å². The molecule has 6 heteroatoms. The maximum absolute atomic E-state index is 8.82. The second kappa shape index (κ2) is 8.58. The molecule has 0 bridgehead atoms. The van der Waals surface area contributed by atoms with Gasteiger partial charge in [-0.1, -0.05) is 19.3 Å². The molecule has 2 N–H and O–H groups in total. The molecule has 0 atom stereocenters. The summed E-state index contributed by atoms with van der Waals surface area (Å²) in [5.41, 5.74) is 4.21. The van der Waals surface area contributed by atoms with Gasteiger partial charge in [-0.15, -0.1) is 0 Å². The molecule has 1 aliphatic carbocycles. The number of nitrogens with zero attached hydrogens (tertiary/aromatic N) is 4. The average Bonchev–Trinajstić information content (AvgIpc) is 3.42. The number of pyridine rings is 1. The highest BCUT2D eigenvalue weighted by Crippen LogP contribution is 2.26. The van der Waals surface area contributed by atoms with Gasteiger partial charge >= 0.3 is 0 Å². The van der Waals surface area contributed by atoms with E-state index in [4.69, 9.17) is 10.5 Å². The van der Waals surface area contributed by atoms with Crippen LogP contribution in [0.15, 0.2) is 42.7 Å². The molecule has 1 saturated carbocycles. The summed E-state index contributed by atoms with van der Waals surface area (Å²) < 4.78 is 0. The van der Waals surface area contributed by atoms with Gasteiger partial charge in [-0.05, 0) is 49.1 Å². The molecule has 1 aliphatic rings. The Morgan fingerprint density at radius 1 is 1.03 bits per heavy atom. The summed E-state index contributed by atoms with van der Waals surface area (Å²) in [4.78, 5) is 15.3. The number of hydrogen-bond donors (Lipinski definition) is 2. The van der Waals surface area contributed by atoms with Gasteiger partial charge in [-0.2, -0.15) is 10.5 Å². The normalized spacial score (nSPS) is 14.1. The van der Waals surface area contributed by atoms with E-state index in [1.165, 1.54) is 32.1 Å². The summed E-state index contributed by atoms with van der Waals surface area (Å²) in [6, 6.07) is 13.7. The summed E-state index contributed by atoms with van der Waals surface area (Å²) in [5, 5.41) is 18.2. The minimum Gasteiger partial charge on any atom is -0.346 e. The highest BCUT2D eigenvalue weighted by molar-refractivity contribution is 6.01. The summed E-state index contributed by atoms with van der Waals surface area (Å²) >= 11 is 0. The molecule has 6 nitrogen and oxygen atoms in total. The van der Waals surface area contributed by atoms with Crippen LogP contribution in [0.4, 0.5) is 0 Å². The molecule has 5 rings (SSSR count). The molecule has 1 fully saturated rings. The van der Waals surface area contributed by atoms with Crippen molar-refractivity contribution in [2.24, 2.45) is 5.92 Å². The monoisotopic (exact) mass is 382 g/mol. The lowest BCUT2D eigenvalue weighted by Crippen LogP contribution is -2.04. The molecule has 0 aliphatic heterocycles. The molecule has 3 heterocycles. The van der Waals surface area contributed by atoms with Crippen molar-refractivity contribution in [1.29, 1.82) is 10.5 Å². The number of rotatable bonds is 2. The Morgan fingerprint density at radius 2 is 1.83 bits per heavy atom. The van der Waals surface area contributed by atoms with E-state index in [2.05, 4.69) is 32.1 Å². The molecule has 29 heavy (non-hydrogen) atoms. The number of nitrogens with one attached hydrogen (secondary N) is 2. The van der Waals surface area contributed by atoms with Crippen LogP contribution in [0.2, 0.25) is 0 Å². The fraction of sp³-hybridized carbons (Fsp3) is 0.304. The third-order valence-electron chi connectivity index (χ3n) is 5.43. The van der Waals surface area contributed by atoms with Crippen LogP contribution in [0.25, 0.3) is 33.5 Å². The molecule has 0 spiro atoms. The molecule has 3 aromatic heterocycles. The number of benzene rings is 1. The van der Waals surface area contributed by atoms with Gasteiger partial charge in [0.05, 0.1) is 29.4 Å². The Morgan fingerprint density at radius 3 is 2.55 bits per heavy atom. The largest absolute Gasteiger partial charge is 0.346 e.